The zero-order chi connectivity index (χ0) is 10.2. The Balaban J connectivity index is 2.46. The highest BCUT2D eigenvalue weighted by molar-refractivity contribution is 5.50. The smallest absolute Gasteiger partial charge is 0.143 e. The minimum absolute atomic E-state index is 0.584. The van der Waals surface area contributed by atoms with Crippen LogP contribution in [-0.4, -0.2) is 18.1 Å². The maximum absolute atomic E-state index is 8.77. The number of nitrogens with zero attached hydrogens (tertiary/aromatic N) is 2. The highest BCUT2D eigenvalue weighted by atomic mass is 15.0. The number of nitrogens with two attached hydrogens (primary N) is 1. The molecule has 0 spiro atoms. The lowest BCUT2D eigenvalue weighted by atomic mass is 10.2. The van der Waals surface area contributed by atoms with E-state index in [1.807, 2.05) is 0 Å². The quantitative estimate of drug-likeness (QED) is 0.682. The molecule has 0 bridgehead atoms. The molecule has 4 heteroatoms. The van der Waals surface area contributed by atoms with E-state index in [0.717, 1.165) is 19.4 Å². The van der Waals surface area contributed by atoms with Crippen molar-refractivity contribution in [2.75, 3.05) is 18.4 Å². The number of hydrogen-bond acceptors (Lipinski definition) is 4. The summed E-state index contributed by atoms with van der Waals surface area (Å²) in [5.41, 5.74) is 5.95. The van der Waals surface area contributed by atoms with Gasteiger partial charge in [0, 0.05) is 12.7 Å². The second kappa shape index (κ2) is 5.95. The number of pyridine rings is 1. The van der Waals surface area contributed by atoms with Crippen molar-refractivity contribution in [2.45, 2.75) is 12.8 Å². The molecule has 1 aromatic heterocycles. The normalized spacial score (nSPS) is 9.43. The van der Waals surface area contributed by atoms with Crippen molar-refractivity contribution in [3.8, 4) is 6.07 Å². The average molecular weight is 190 g/mol. The Morgan fingerprint density at radius 2 is 2.36 bits per heavy atom. The van der Waals surface area contributed by atoms with Crippen LogP contribution in [0.1, 0.15) is 18.4 Å². The lowest BCUT2D eigenvalue weighted by Gasteiger charge is -2.05. The largest absolute Gasteiger partial charge is 0.369 e. The molecular weight excluding hydrogens is 176 g/mol. The van der Waals surface area contributed by atoms with E-state index in [1.165, 1.54) is 0 Å². The topological polar surface area (TPSA) is 74.7 Å². The van der Waals surface area contributed by atoms with Crippen LogP contribution in [0.5, 0.6) is 0 Å². The van der Waals surface area contributed by atoms with E-state index in [2.05, 4.69) is 16.4 Å². The molecule has 3 N–H and O–H groups in total. The summed E-state index contributed by atoms with van der Waals surface area (Å²) < 4.78 is 0. The lowest BCUT2D eigenvalue weighted by molar-refractivity contribution is 0.772. The molecule has 74 valence electrons. The van der Waals surface area contributed by atoms with Gasteiger partial charge < -0.3 is 11.1 Å². The van der Waals surface area contributed by atoms with Crippen molar-refractivity contribution in [3.05, 3.63) is 23.9 Å². The molecule has 0 radical (unpaired) electrons. The fraction of sp³-hybridized carbons (Fsp3) is 0.400. The van der Waals surface area contributed by atoms with Gasteiger partial charge in [0.15, 0.2) is 0 Å². The van der Waals surface area contributed by atoms with Gasteiger partial charge in [0.25, 0.3) is 0 Å². The molecule has 0 amide bonds. The van der Waals surface area contributed by atoms with Gasteiger partial charge in [0.1, 0.15) is 11.9 Å². The summed E-state index contributed by atoms with van der Waals surface area (Å²) in [6, 6.07) is 5.59. The number of nitriles is 1. The molecule has 14 heavy (non-hydrogen) atoms. The molecule has 1 rings (SSSR count). The third kappa shape index (κ3) is 3.04. The van der Waals surface area contributed by atoms with E-state index in [9.17, 15) is 0 Å². The summed E-state index contributed by atoms with van der Waals surface area (Å²) in [6.45, 7) is 1.51. The van der Waals surface area contributed by atoms with Crippen LogP contribution in [0.3, 0.4) is 0 Å². The fourth-order valence-electron chi connectivity index (χ4n) is 1.11. The van der Waals surface area contributed by atoms with E-state index >= 15 is 0 Å². The first-order chi connectivity index (χ1) is 6.88. The van der Waals surface area contributed by atoms with Gasteiger partial charge in [0.2, 0.25) is 0 Å². The first kappa shape index (κ1) is 10.5. The maximum Gasteiger partial charge on any atom is 0.143 e. The molecule has 4 nitrogen and oxygen atoms in total. The summed E-state index contributed by atoms with van der Waals surface area (Å²) in [7, 11) is 0. The average Bonchev–Trinajstić information content (AvgIpc) is 2.25. The standard InChI is InChI=1S/C10H14N4/c11-5-1-2-6-13-10-9(8-12)4-3-7-14-10/h3-4,7H,1-2,5-6,11H2,(H,13,14). The molecule has 1 heterocycles. The fourth-order valence-corrected chi connectivity index (χ4v) is 1.11. The predicted molar refractivity (Wildman–Crippen MR) is 55.7 cm³/mol. The predicted octanol–water partition coefficient (Wildman–Crippen LogP) is 1.10. The highest BCUT2D eigenvalue weighted by Crippen LogP contribution is 2.09. The van der Waals surface area contributed by atoms with Crippen molar-refractivity contribution in [2.24, 2.45) is 5.73 Å². The Hall–Kier alpha value is -1.60. The molecule has 1 aromatic rings. The number of aromatic nitrogens is 1. The van der Waals surface area contributed by atoms with Crippen molar-refractivity contribution in [3.63, 3.8) is 0 Å². The monoisotopic (exact) mass is 190 g/mol. The van der Waals surface area contributed by atoms with E-state index in [4.69, 9.17) is 11.0 Å². The lowest BCUT2D eigenvalue weighted by Crippen LogP contribution is -2.07. The van der Waals surface area contributed by atoms with Gasteiger partial charge in [-0.15, -0.1) is 0 Å². The van der Waals surface area contributed by atoms with Crippen LogP contribution < -0.4 is 11.1 Å². The molecular formula is C10H14N4. The van der Waals surface area contributed by atoms with E-state index in [1.54, 1.807) is 18.3 Å². The molecule has 0 saturated heterocycles. The Kier molecular flexibility index (Phi) is 4.45. The van der Waals surface area contributed by atoms with Crippen molar-refractivity contribution < 1.29 is 0 Å². The summed E-state index contributed by atoms with van der Waals surface area (Å²) in [6.07, 6.45) is 3.66. The Bertz CT molecular complexity index is 316. The SMILES string of the molecule is N#Cc1cccnc1NCCCCN. The minimum Gasteiger partial charge on any atom is -0.369 e. The summed E-state index contributed by atoms with van der Waals surface area (Å²) in [5.74, 6) is 0.659. The Morgan fingerprint density at radius 1 is 1.50 bits per heavy atom. The molecule has 0 aliphatic heterocycles. The Morgan fingerprint density at radius 3 is 3.07 bits per heavy atom. The molecule has 0 atom stereocenters. The van der Waals surface area contributed by atoms with Gasteiger partial charge in [-0.05, 0) is 31.5 Å². The van der Waals surface area contributed by atoms with Crippen LogP contribution in [0, 0.1) is 11.3 Å². The van der Waals surface area contributed by atoms with Crippen LogP contribution in [0.4, 0.5) is 5.82 Å². The molecule has 0 unspecified atom stereocenters. The summed E-state index contributed by atoms with van der Waals surface area (Å²) >= 11 is 0. The molecule has 0 aliphatic rings. The van der Waals surface area contributed by atoms with Gasteiger partial charge in [-0.2, -0.15) is 5.26 Å². The van der Waals surface area contributed by atoms with Gasteiger partial charge in [-0.25, -0.2) is 4.98 Å². The number of rotatable bonds is 5. The van der Waals surface area contributed by atoms with Crippen molar-refractivity contribution in [1.29, 1.82) is 5.26 Å². The first-order valence-electron chi connectivity index (χ1n) is 4.67. The summed E-state index contributed by atoms with van der Waals surface area (Å²) in [4.78, 5) is 4.08. The number of hydrogen-bond donors (Lipinski definition) is 2. The van der Waals surface area contributed by atoms with Crippen LogP contribution >= 0.6 is 0 Å². The minimum atomic E-state index is 0.584. The third-order valence-electron chi connectivity index (χ3n) is 1.85. The van der Waals surface area contributed by atoms with Crippen LogP contribution in [-0.2, 0) is 0 Å². The molecule has 0 aliphatic carbocycles. The van der Waals surface area contributed by atoms with Gasteiger partial charge >= 0.3 is 0 Å². The third-order valence-corrected chi connectivity index (χ3v) is 1.85. The number of anilines is 1. The maximum atomic E-state index is 8.77. The zero-order valence-corrected chi connectivity index (χ0v) is 8.03. The van der Waals surface area contributed by atoms with Gasteiger partial charge in [0.05, 0.1) is 5.56 Å². The van der Waals surface area contributed by atoms with E-state index < -0.39 is 0 Å². The van der Waals surface area contributed by atoms with Crippen LogP contribution in [0.25, 0.3) is 0 Å². The molecule has 0 aromatic carbocycles. The number of nitrogens with one attached hydrogen (secondary N) is 1. The van der Waals surface area contributed by atoms with Gasteiger partial charge in [-0.3, -0.25) is 0 Å². The Labute approximate surface area is 83.8 Å². The number of unbranched alkanes of at least 4 members (excludes halogenated alkanes) is 1. The summed E-state index contributed by atoms with van der Waals surface area (Å²) in [5, 5.41) is 11.9. The van der Waals surface area contributed by atoms with Crippen LogP contribution in [0.2, 0.25) is 0 Å². The van der Waals surface area contributed by atoms with Crippen LogP contribution in [0.15, 0.2) is 18.3 Å². The van der Waals surface area contributed by atoms with E-state index in [0.29, 0.717) is 17.9 Å². The van der Waals surface area contributed by atoms with Crippen molar-refractivity contribution >= 4 is 5.82 Å². The second-order valence-electron chi connectivity index (χ2n) is 2.93. The molecule has 0 fully saturated rings. The highest BCUT2D eigenvalue weighted by Gasteiger charge is 1.99. The van der Waals surface area contributed by atoms with E-state index in [-0.39, 0.29) is 0 Å². The van der Waals surface area contributed by atoms with Gasteiger partial charge in [-0.1, -0.05) is 0 Å². The zero-order valence-electron chi connectivity index (χ0n) is 8.03. The second-order valence-corrected chi connectivity index (χ2v) is 2.93. The van der Waals surface area contributed by atoms with Crippen molar-refractivity contribution in [1.82, 2.24) is 4.98 Å². The molecule has 0 saturated carbocycles. The first-order valence-corrected chi connectivity index (χ1v) is 4.67.